The number of ether oxygens (including phenoxy) is 1. The number of carboxylic acid groups (broad SMARTS) is 1. The summed E-state index contributed by atoms with van der Waals surface area (Å²) in [6.07, 6.45) is 0.0488. The number of hydrogen-bond donors (Lipinski definition) is 1. The lowest BCUT2D eigenvalue weighted by molar-refractivity contribution is -0.153. The highest BCUT2D eigenvalue weighted by molar-refractivity contribution is 5.81. The van der Waals surface area contributed by atoms with Crippen molar-refractivity contribution in [3.05, 3.63) is 0 Å². The predicted octanol–water partition coefficient (Wildman–Crippen LogP) is 0.229. The van der Waals surface area contributed by atoms with E-state index in [0.717, 1.165) is 0 Å². The third-order valence-corrected chi connectivity index (χ3v) is 1.42. The highest BCUT2D eigenvalue weighted by atomic mass is 16.5. The van der Waals surface area contributed by atoms with E-state index < -0.39 is 17.9 Å². The summed E-state index contributed by atoms with van der Waals surface area (Å²) in [6, 6.07) is 0. The highest BCUT2D eigenvalue weighted by Crippen LogP contribution is 2.09. The summed E-state index contributed by atoms with van der Waals surface area (Å²) in [6.45, 7) is 1.81. The monoisotopic (exact) mass is 188 g/mol. The molecule has 0 rings (SSSR count). The van der Waals surface area contributed by atoms with Crippen molar-refractivity contribution in [1.82, 2.24) is 0 Å². The topological polar surface area (TPSA) is 80.7 Å². The zero-order valence-corrected chi connectivity index (χ0v) is 7.36. The largest absolute Gasteiger partial charge is 0.481 e. The standard InChI is InChI=1S/C8H12O5/c1-2-13-8(12)6(3-4-9)5-7(10)11/h4,6H,2-3,5H2,1H3,(H,10,11). The van der Waals surface area contributed by atoms with Gasteiger partial charge in [0, 0.05) is 6.42 Å². The molecule has 0 aromatic heterocycles. The molecule has 0 aromatic rings. The normalized spacial score (nSPS) is 11.8. The second kappa shape index (κ2) is 6.16. The fraction of sp³-hybridized carbons (Fsp3) is 0.625. The number of carbonyl (C=O) groups is 3. The van der Waals surface area contributed by atoms with Gasteiger partial charge < -0.3 is 14.6 Å². The van der Waals surface area contributed by atoms with Crippen molar-refractivity contribution in [2.45, 2.75) is 19.8 Å². The third kappa shape index (κ3) is 4.95. The number of carboxylic acids is 1. The maximum Gasteiger partial charge on any atom is 0.309 e. The first kappa shape index (κ1) is 11.6. The molecule has 0 heterocycles. The van der Waals surface area contributed by atoms with Gasteiger partial charge in [-0.05, 0) is 6.92 Å². The lowest BCUT2D eigenvalue weighted by Gasteiger charge is -2.09. The Morgan fingerprint density at radius 1 is 1.54 bits per heavy atom. The molecule has 0 saturated carbocycles. The molecule has 13 heavy (non-hydrogen) atoms. The molecule has 0 aliphatic rings. The third-order valence-electron chi connectivity index (χ3n) is 1.42. The van der Waals surface area contributed by atoms with Crippen LogP contribution >= 0.6 is 0 Å². The van der Waals surface area contributed by atoms with Crippen LogP contribution in [0.2, 0.25) is 0 Å². The summed E-state index contributed by atoms with van der Waals surface area (Å²) in [7, 11) is 0. The van der Waals surface area contributed by atoms with Crippen LogP contribution in [0, 0.1) is 5.92 Å². The van der Waals surface area contributed by atoms with E-state index >= 15 is 0 Å². The molecule has 1 unspecified atom stereocenters. The number of rotatable bonds is 6. The molecule has 1 atom stereocenters. The van der Waals surface area contributed by atoms with Crippen LogP contribution in [0.1, 0.15) is 19.8 Å². The van der Waals surface area contributed by atoms with E-state index in [1.54, 1.807) is 6.92 Å². The molecule has 0 aliphatic heterocycles. The molecule has 5 heteroatoms. The maximum atomic E-state index is 11.0. The van der Waals surface area contributed by atoms with Crippen molar-refractivity contribution in [3.63, 3.8) is 0 Å². The van der Waals surface area contributed by atoms with Crippen LogP contribution in [0.25, 0.3) is 0 Å². The van der Waals surface area contributed by atoms with Gasteiger partial charge in [0.2, 0.25) is 0 Å². The van der Waals surface area contributed by atoms with Gasteiger partial charge in [-0.2, -0.15) is 0 Å². The average molecular weight is 188 g/mol. The number of hydrogen-bond acceptors (Lipinski definition) is 4. The SMILES string of the molecule is CCOC(=O)C(CC=O)CC(=O)O. The van der Waals surface area contributed by atoms with E-state index in [-0.39, 0.29) is 19.4 Å². The van der Waals surface area contributed by atoms with Crippen molar-refractivity contribution in [2.24, 2.45) is 5.92 Å². The zero-order chi connectivity index (χ0) is 10.3. The van der Waals surface area contributed by atoms with E-state index in [2.05, 4.69) is 4.74 Å². The Morgan fingerprint density at radius 2 is 2.15 bits per heavy atom. The summed E-state index contributed by atoms with van der Waals surface area (Å²) >= 11 is 0. The first-order chi connectivity index (χ1) is 6.11. The number of carbonyl (C=O) groups excluding carboxylic acids is 2. The zero-order valence-electron chi connectivity index (χ0n) is 7.36. The Morgan fingerprint density at radius 3 is 2.54 bits per heavy atom. The van der Waals surface area contributed by atoms with Gasteiger partial charge in [-0.15, -0.1) is 0 Å². The molecule has 0 aliphatic carbocycles. The Bertz CT molecular complexity index is 199. The maximum absolute atomic E-state index is 11.0. The molecule has 0 fully saturated rings. The second-order valence-electron chi connectivity index (χ2n) is 2.45. The molecular formula is C8H12O5. The molecular weight excluding hydrogens is 176 g/mol. The molecule has 5 nitrogen and oxygen atoms in total. The summed E-state index contributed by atoms with van der Waals surface area (Å²) in [5.74, 6) is -2.59. The fourth-order valence-electron chi connectivity index (χ4n) is 0.850. The average Bonchev–Trinajstić information content (AvgIpc) is 2.03. The van der Waals surface area contributed by atoms with E-state index in [9.17, 15) is 14.4 Å². The Kier molecular flexibility index (Phi) is 5.50. The predicted molar refractivity (Wildman–Crippen MR) is 43.1 cm³/mol. The van der Waals surface area contributed by atoms with Crippen LogP contribution in [-0.2, 0) is 19.1 Å². The van der Waals surface area contributed by atoms with Crippen LogP contribution in [0.3, 0.4) is 0 Å². The quantitative estimate of drug-likeness (QED) is 0.476. The van der Waals surface area contributed by atoms with Gasteiger partial charge >= 0.3 is 11.9 Å². The smallest absolute Gasteiger partial charge is 0.309 e. The van der Waals surface area contributed by atoms with Crippen LogP contribution in [0.15, 0.2) is 0 Å². The molecule has 0 spiro atoms. The van der Waals surface area contributed by atoms with Gasteiger partial charge in [-0.3, -0.25) is 9.59 Å². The van der Waals surface area contributed by atoms with Crippen molar-refractivity contribution in [1.29, 1.82) is 0 Å². The first-order valence-corrected chi connectivity index (χ1v) is 3.93. The van der Waals surface area contributed by atoms with Gasteiger partial charge in [0.25, 0.3) is 0 Å². The van der Waals surface area contributed by atoms with Crippen molar-refractivity contribution >= 4 is 18.2 Å². The minimum Gasteiger partial charge on any atom is -0.481 e. The summed E-state index contributed by atoms with van der Waals surface area (Å²) in [5, 5.41) is 8.40. The molecule has 0 aromatic carbocycles. The van der Waals surface area contributed by atoms with Crippen molar-refractivity contribution < 1.29 is 24.2 Å². The van der Waals surface area contributed by atoms with E-state index in [0.29, 0.717) is 6.29 Å². The van der Waals surface area contributed by atoms with Gasteiger partial charge in [-0.1, -0.05) is 0 Å². The molecule has 1 N–H and O–H groups in total. The highest BCUT2D eigenvalue weighted by Gasteiger charge is 2.22. The first-order valence-electron chi connectivity index (χ1n) is 3.93. The van der Waals surface area contributed by atoms with Gasteiger partial charge in [0.1, 0.15) is 6.29 Å². The van der Waals surface area contributed by atoms with E-state index in [1.165, 1.54) is 0 Å². The summed E-state index contributed by atoms with van der Waals surface area (Å²) in [4.78, 5) is 31.4. The fourth-order valence-corrected chi connectivity index (χ4v) is 0.850. The second-order valence-corrected chi connectivity index (χ2v) is 2.45. The number of esters is 1. The number of aldehydes is 1. The molecule has 0 saturated heterocycles. The Hall–Kier alpha value is -1.39. The molecule has 0 amide bonds. The van der Waals surface area contributed by atoms with Crippen LogP contribution in [-0.4, -0.2) is 29.9 Å². The lowest BCUT2D eigenvalue weighted by atomic mass is 10.0. The Balaban J connectivity index is 4.13. The van der Waals surface area contributed by atoms with E-state index in [1.807, 2.05) is 0 Å². The van der Waals surface area contributed by atoms with Gasteiger partial charge in [0.15, 0.2) is 0 Å². The van der Waals surface area contributed by atoms with E-state index in [4.69, 9.17) is 5.11 Å². The minimum absolute atomic E-state index is 0.106. The van der Waals surface area contributed by atoms with Crippen LogP contribution < -0.4 is 0 Å². The molecule has 0 bridgehead atoms. The molecule has 0 radical (unpaired) electrons. The van der Waals surface area contributed by atoms with Gasteiger partial charge in [-0.25, -0.2) is 0 Å². The molecule has 74 valence electrons. The van der Waals surface area contributed by atoms with Crippen LogP contribution in [0.5, 0.6) is 0 Å². The minimum atomic E-state index is -1.11. The lowest BCUT2D eigenvalue weighted by Crippen LogP contribution is -2.21. The van der Waals surface area contributed by atoms with Gasteiger partial charge in [0.05, 0.1) is 18.9 Å². The van der Waals surface area contributed by atoms with Crippen molar-refractivity contribution in [3.8, 4) is 0 Å². The number of aliphatic carboxylic acids is 1. The van der Waals surface area contributed by atoms with Crippen LogP contribution in [0.4, 0.5) is 0 Å². The Labute approximate surface area is 75.7 Å². The summed E-state index contributed by atoms with van der Waals surface area (Å²) in [5.41, 5.74) is 0. The van der Waals surface area contributed by atoms with Crippen molar-refractivity contribution in [2.75, 3.05) is 6.61 Å². The summed E-state index contributed by atoms with van der Waals surface area (Å²) < 4.78 is 4.60.